The molecule has 1 fully saturated rings. The van der Waals surface area contributed by atoms with Crippen LogP contribution in [0.2, 0.25) is 0 Å². The monoisotopic (exact) mass is 264 g/mol. The molecular weight excluding hydrogens is 240 g/mol. The Kier molecular flexibility index (Phi) is 4.75. The van der Waals surface area contributed by atoms with Gasteiger partial charge in [-0.15, -0.1) is 0 Å². The molecule has 3 unspecified atom stereocenters. The van der Waals surface area contributed by atoms with Crippen molar-refractivity contribution in [2.45, 2.75) is 46.1 Å². The normalized spacial score (nSPS) is 25.2. The number of aromatic nitrogens is 2. The highest BCUT2D eigenvalue weighted by atomic mass is 16.5. The minimum atomic E-state index is 0.141. The second-order valence-electron chi connectivity index (χ2n) is 5.63. The second-order valence-corrected chi connectivity index (χ2v) is 5.63. The van der Waals surface area contributed by atoms with E-state index in [1.54, 1.807) is 0 Å². The van der Waals surface area contributed by atoms with Crippen molar-refractivity contribution in [3.05, 3.63) is 18.0 Å². The van der Waals surface area contributed by atoms with Crippen LogP contribution in [0.15, 0.2) is 12.3 Å². The maximum Gasteiger partial charge on any atom is 0.142 e. The summed E-state index contributed by atoms with van der Waals surface area (Å²) < 4.78 is 7.34. The highest BCUT2D eigenvalue weighted by molar-refractivity contribution is 5.83. The summed E-state index contributed by atoms with van der Waals surface area (Å²) in [5, 5.41) is 4.51. The van der Waals surface area contributed by atoms with Crippen molar-refractivity contribution in [2.75, 3.05) is 13.2 Å². The Bertz CT molecular complexity index is 428. The Balaban J connectivity index is 1.96. The third-order valence-electron chi connectivity index (χ3n) is 4.12. The summed E-state index contributed by atoms with van der Waals surface area (Å²) in [6.07, 6.45) is 4.33. The van der Waals surface area contributed by atoms with Crippen LogP contribution in [0, 0.1) is 11.8 Å². The number of rotatable bonds is 5. The van der Waals surface area contributed by atoms with Gasteiger partial charge in [0.1, 0.15) is 5.78 Å². The van der Waals surface area contributed by atoms with Gasteiger partial charge in [0.15, 0.2) is 0 Å². The van der Waals surface area contributed by atoms with Crippen molar-refractivity contribution in [1.29, 1.82) is 0 Å². The van der Waals surface area contributed by atoms with Gasteiger partial charge in [-0.25, -0.2) is 0 Å². The van der Waals surface area contributed by atoms with E-state index in [-0.39, 0.29) is 5.92 Å². The molecule has 0 aliphatic carbocycles. The molecule has 0 aromatic carbocycles. The Morgan fingerprint density at radius 2 is 2.42 bits per heavy atom. The standard InChI is InChI=1S/C15H24N2O2/c1-4-12(3)17-7-5-13(16-17)9-15(18)14-6-8-19-10-11(14)2/h5,7,11-12,14H,4,6,8-10H2,1-3H3. The first kappa shape index (κ1) is 14.3. The number of Topliss-reactive ketones (excluding diaryl/α,β-unsaturated/α-hetero) is 1. The summed E-state index contributed by atoms with van der Waals surface area (Å²) in [5.74, 6) is 0.783. The molecular formula is C15H24N2O2. The maximum absolute atomic E-state index is 12.3. The first-order valence-corrected chi connectivity index (χ1v) is 7.26. The van der Waals surface area contributed by atoms with E-state index in [2.05, 4.69) is 25.9 Å². The minimum Gasteiger partial charge on any atom is -0.381 e. The summed E-state index contributed by atoms with van der Waals surface area (Å²) in [5.41, 5.74) is 0.893. The molecule has 1 aliphatic rings. The molecule has 0 amide bonds. The first-order valence-electron chi connectivity index (χ1n) is 7.26. The maximum atomic E-state index is 12.3. The molecule has 106 valence electrons. The SMILES string of the molecule is CCC(C)n1ccc(CC(=O)C2CCOCC2C)n1. The summed E-state index contributed by atoms with van der Waals surface area (Å²) in [7, 11) is 0. The van der Waals surface area contributed by atoms with Crippen LogP contribution in [0.1, 0.15) is 45.3 Å². The van der Waals surface area contributed by atoms with Gasteiger partial charge in [0.25, 0.3) is 0 Å². The van der Waals surface area contributed by atoms with Gasteiger partial charge in [-0.2, -0.15) is 5.10 Å². The zero-order valence-corrected chi connectivity index (χ0v) is 12.1. The fraction of sp³-hybridized carbons (Fsp3) is 0.733. The van der Waals surface area contributed by atoms with Crippen LogP contribution in [-0.4, -0.2) is 28.8 Å². The highest BCUT2D eigenvalue weighted by Crippen LogP contribution is 2.23. The van der Waals surface area contributed by atoms with Gasteiger partial charge in [0, 0.05) is 31.4 Å². The lowest BCUT2D eigenvalue weighted by Gasteiger charge is -2.27. The summed E-state index contributed by atoms with van der Waals surface area (Å²) in [6.45, 7) is 7.79. The van der Waals surface area contributed by atoms with E-state index in [1.165, 1.54) is 0 Å². The molecule has 0 saturated carbocycles. The lowest BCUT2D eigenvalue weighted by Crippen LogP contribution is -2.32. The van der Waals surface area contributed by atoms with E-state index < -0.39 is 0 Å². The third-order valence-corrected chi connectivity index (χ3v) is 4.12. The lowest BCUT2D eigenvalue weighted by molar-refractivity contribution is -0.127. The van der Waals surface area contributed by atoms with Crippen molar-refractivity contribution < 1.29 is 9.53 Å². The molecule has 1 saturated heterocycles. The molecule has 3 atom stereocenters. The number of ether oxygens (including phenoxy) is 1. The van der Waals surface area contributed by atoms with E-state index in [9.17, 15) is 4.79 Å². The van der Waals surface area contributed by atoms with Crippen LogP contribution >= 0.6 is 0 Å². The van der Waals surface area contributed by atoms with E-state index in [4.69, 9.17) is 4.74 Å². The second kappa shape index (κ2) is 6.33. The predicted molar refractivity (Wildman–Crippen MR) is 74.0 cm³/mol. The zero-order valence-electron chi connectivity index (χ0n) is 12.1. The summed E-state index contributed by atoms with van der Waals surface area (Å²) in [4.78, 5) is 12.3. The topological polar surface area (TPSA) is 44.1 Å². The smallest absolute Gasteiger partial charge is 0.142 e. The molecule has 4 heteroatoms. The quantitative estimate of drug-likeness (QED) is 0.821. The van der Waals surface area contributed by atoms with Gasteiger partial charge >= 0.3 is 0 Å². The Hall–Kier alpha value is -1.16. The van der Waals surface area contributed by atoms with E-state index >= 15 is 0 Å². The third kappa shape index (κ3) is 3.44. The zero-order chi connectivity index (χ0) is 13.8. The first-order chi connectivity index (χ1) is 9.11. The van der Waals surface area contributed by atoms with Gasteiger partial charge < -0.3 is 4.74 Å². The van der Waals surface area contributed by atoms with Crippen LogP contribution in [0.5, 0.6) is 0 Å². The highest BCUT2D eigenvalue weighted by Gasteiger charge is 2.28. The molecule has 2 heterocycles. The lowest BCUT2D eigenvalue weighted by atomic mass is 9.85. The van der Waals surface area contributed by atoms with Crippen molar-refractivity contribution in [1.82, 2.24) is 9.78 Å². The van der Waals surface area contributed by atoms with Crippen molar-refractivity contribution in [3.63, 3.8) is 0 Å². The van der Waals surface area contributed by atoms with Crippen LogP contribution in [-0.2, 0) is 16.0 Å². The van der Waals surface area contributed by atoms with E-state index in [0.717, 1.165) is 18.5 Å². The average molecular weight is 264 g/mol. The van der Waals surface area contributed by atoms with Gasteiger partial charge in [0.2, 0.25) is 0 Å². The molecule has 0 N–H and O–H groups in total. The number of hydrogen-bond acceptors (Lipinski definition) is 3. The van der Waals surface area contributed by atoms with Crippen LogP contribution < -0.4 is 0 Å². The molecule has 1 aromatic rings. The van der Waals surface area contributed by atoms with E-state index in [0.29, 0.717) is 37.4 Å². The van der Waals surface area contributed by atoms with Gasteiger partial charge in [-0.05, 0) is 31.7 Å². The van der Waals surface area contributed by atoms with E-state index in [1.807, 2.05) is 16.9 Å². The van der Waals surface area contributed by atoms with Crippen molar-refractivity contribution in [2.24, 2.45) is 11.8 Å². The number of carbonyl (C=O) groups excluding carboxylic acids is 1. The summed E-state index contributed by atoms with van der Waals surface area (Å²) >= 11 is 0. The average Bonchev–Trinajstić information content (AvgIpc) is 2.86. The van der Waals surface area contributed by atoms with Gasteiger partial charge in [-0.3, -0.25) is 9.48 Å². The largest absolute Gasteiger partial charge is 0.381 e. The molecule has 1 aromatic heterocycles. The van der Waals surface area contributed by atoms with Gasteiger partial charge in [0.05, 0.1) is 12.1 Å². The molecule has 19 heavy (non-hydrogen) atoms. The molecule has 0 radical (unpaired) electrons. The van der Waals surface area contributed by atoms with Crippen molar-refractivity contribution >= 4 is 5.78 Å². The number of carbonyl (C=O) groups is 1. The Morgan fingerprint density at radius 3 is 3.11 bits per heavy atom. The molecule has 4 nitrogen and oxygen atoms in total. The number of ketones is 1. The molecule has 1 aliphatic heterocycles. The Morgan fingerprint density at radius 1 is 1.63 bits per heavy atom. The Labute approximate surface area is 115 Å². The van der Waals surface area contributed by atoms with Crippen LogP contribution in [0.3, 0.4) is 0 Å². The van der Waals surface area contributed by atoms with Crippen LogP contribution in [0.25, 0.3) is 0 Å². The predicted octanol–water partition coefficient (Wildman–Crippen LogP) is 2.64. The van der Waals surface area contributed by atoms with Crippen molar-refractivity contribution in [3.8, 4) is 0 Å². The minimum absolute atomic E-state index is 0.141. The summed E-state index contributed by atoms with van der Waals surface area (Å²) in [6, 6.07) is 2.36. The van der Waals surface area contributed by atoms with Gasteiger partial charge in [-0.1, -0.05) is 13.8 Å². The molecule has 0 spiro atoms. The molecule has 2 rings (SSSR count). The fourth-order valence-corrected chi connectivity index (χ4v) is 2.57. The fourth-order valence-electron chi connectivity index (χ4n) is 2.57. The molecule has 0 bridgehead atoms. The number of nitrogens with zero attached hydrogens (tertiary/aromatic N) is 2. The number of hydrogen-bond donors (Lipinski definition) is 0. The van der Waals surface area contributed by atoms with Crippen LogP contribution in [0.4, 0.5) is 0 Å².